The smallest absolute Gasteiger partial charge is 0.410 e. The van der Waals surface area contributed by atoms with Crippen molar-refractivity contribution < 1.29 is 28.7 Å². The van der Waals surface area contributed by atoms with Gasteiger partial charge >= 0.3 is 6.09 Å². The first-order valence-corrected chi connectivity index (χ1v) is 23.9. The number of pyridine rings is 2. The number of ketones is 2. The van der Waals surface area contributed by atoms with Crippen LogP contribution in [-0.2, 0) is 49.8 Å². The molecule has 0 unspecified atom stereocenters. The standard InChI is InChI=1S/C28H33ClN4O4.C24H26ClN3O2/c1-17(24(34)11-10-18-12-21-22(30-14-18)15-31-25(21)29)32-26(35)23-13-20(19-8-6-5-7-9-19)16-33(23)27(36)37-28(2,3)4;1-15(22(29)10-7-16-11-20-21(26-13-16)14-27-23(20)25)28-24(30)19-9-8-18(12-19)17-5-3-2-4-6-17/h5-9,12,14,17,20,23H,10-11,13,15-16H2,1-4H3,(H,32,35);2-6,11,13,15,18-19H,7-10,12,14H2,1H3,(H,28,30)/t17-,20-,23+;15-,18+,19+/m00/s1. The molecule has 13 nitrogen and oxygen atoms in total. The quantitative estimate of drug-likeness (QED) is 0.127. The Hall–Kier alpha value is -5.79. The molecular weight excluding hydrogens is 890 g/mol. The number of aryl methyl sites for hydroxylation is 2. The lowest BCUT2D eigenvalue weighted by molar-refractivity contribution is -0.130. The maximum absolute atomic E-state index is 13.3. The third-order valence-corrected chi connectivity index (χ3v) is 13.5. The van der Waals surface area contributed by atoms with Gasteiger partial charge in [-0.1, -0.05) is 83.9 Å². The van der Waals surface area contributed by atoms with Gasteiger partial charge in [0.2, 0.25) is 11.8 Å². The zero-order chi connectivity index (χ0) is 47.8. The number of fused-ring (bicyclic) bond motifs is 2. The number of ether oxygens (including phenoxy) is 1. The van der Waals surface area contributed by atoms with E-state index in [9.17, 15) is 24.0 Å². The number of rotatable bonds is 14. The number of Topliss-reactive ketones (excluding diaryl/α,β-unsaturated/α-hetero) is 2. The van der Waals surface area contributed by atoms with E-state index in [0.717, 1.165) is 58.5 Å². The van der Waals surface area contributed by atoms with E-state index in [4.69, 9.17) is 27.9 Å². The Morgan fingerprint density at radius 1 is 0.701 bits per heavy atom. The number of hydrogen-bond acceptors (Lipinski definition) is 10. The molecule has 2 aromatic carbocycles. The van der Waals surface area contributed by atoms with E-state index in [1.165, 1.54) is 10.5 Å². The molecule has 352 valence electrons. The Kier molecular flexibility index (Phi) is 16.0. The van der Waals surface area contributed by atoms with Crippen molar-refractivity contribution in [2.24, 2.45) is 15.9 Å². The van der Waals surface area contributed by atoms with E-state index in [1.807, 2.05) is 60.7 Å². The molecule has 4 aliphatic rings. The highest BCUT2D eigenvalue weighted by Gasteiger charge is 2.42. The highest BCUT2D eigenvalue weighted by molar-refractivity contribution is 6.70. The average molecular weight is 949 g/mol. The second-order valence-electron chi connectivity index (χ2n) is 18.9. The van der Waals surface area contributed by atoms with E-state index < -0.39 is 29.8 Å². The van der Waals surface area contributed by atoms with Crippen LogP contribution in [0.2, 0.25) is 0 Å². The van der Waals surface area contributed by atoms with Gasteiger partial charge < -0.3 is 15.4 Å². The molecule has 6 atom stereocenters. The van der Waals surface area contributed by atoms with Gasteiger partial charge in [0.1, 0.15) is 22.0 Å². The third-order valence-electron chi connectivity index (χ3n) is 12.8. The molecule has 1 aliphatic carbocycles. The molecule has 4 aromatic rings. The van der Waals surface area contributed by atoms with Crippen LogP contribution in [0.1, 0.15) is 130 Å². The second kappa shape index (κ2) is 21.9. The Balaban J connectivity index is 0.000000203. The van der Waals surface area contributed by atoms with Crippen LogP contribution in [0.4, 0.5) is 4.79 Å². The topological polar surface area (TPSA) is 172 Å². The molecule has 3 amide bonds. The molecule has 67 heavy (non-hydrogen) atoms. The van der Waals surface area contributed by atoms with Crippen LogP contribution >= 0.6 is 23.2 Å². The van der Waals surface area contributed by atoms with Crippen molar-refractivity contribution in [3.05, 3.63) is 130 Å². The van der Waals surface area contributed by atoms with Crippen molar-refractivity contribution in [3.63, 3.8) is 0 Å². The summed E-state index contributed by atoms with van der Waals surface area (Å²) in [7, 11) is 0. The highest BCUT2D eigenvalue weighted by Crippen LogP contribution is 2.38. The number of benzene rings is 2. The summed E-state index contributed by atoms with van der Waals surface area (Å²) >= 11 is 12.2. The zero-order valence-corrected chi connectivity index (χ0v) is 40.3. The lowest BCUT2D eigenvalue weighted by Crippen LogP contribution is -2.50. The van der Waals surface area contributed by atoms with E-state index >= 15 is 0 Å². The fraction of sp³-hybridized carbons (Fsp3) is 0.442. The van der Waals surface area contributed by atoms with E-state index in [2.05, 4.69) is 42.7 Å². The number of aliphatic imine (C=N–C) groups is 2. The first-order valence-electron chi connectivity index (χ1n) is 23.1. The lowest BCUT2D eigenvalue weighted by Gasteiger charge is -2.28. The summed E-state index contributed by atoms with van der Waals surface area (Å²) in [4.78, 5) is 83.0. The Labute approximate surface area is 402 Å². The van der Waals surface area contributed by atoms with E-state index in [-0.39, 0.29) is 41.6 Å². The fourth-order valence-corrected chi connectivity index (χ4v) is 9.45. The molecule has 2 fully saturated rings. The van der Waals surface area contributed by atoms with E-state index in [1.54, 1.807) is 47.0 Å². The monoisotopic (exact) mass is 947 g/mol. The molecule has 1 saturated heterocycles. The molecule has 0 bridgehead atoms. The Bertz CT molecular complexity index is 2530. The number of amides is 3. The average Bonchev–Trinajstić information content (AvgIpc) is 4.14. The first-order chi connectivity index (χ1) is 32.0. The van der Waals surface area contributed by atoms with Gasteiger partial charge in [0, 0.05) is 54.7 Å². The number of carbonyl (C=O) groups is 5. The van der Waals surface area contributed by atoms with Crippen LogP contribution in [0.15, 0.2) is 95.2 Å². The maximum atomic E-state index is 13.3. The predicted octanol–water partition coefficient (Wildman–Crippen LogP) is 8.55. The molecule has 15 heteroatoms. The highest BCUT2D eigenvalue weighted by atomic mass is 35.5. The van der Waals surface area contributed by atoms with Crippen molar-refractivity contribution in [2.45, 2.75) is 135 Å². The van der Waals surface area contributed by atoms with Crippen molar-refractivity contribution in [2.75, 3.05) is 6.54 Å². The van der Waals surface area contributed by atoms with Crippen LogP contribution in [0.3, 0.4) is 0 Å². The van der Waals surface area contributed by atoms with Crippen LogP contribution < -0.4 is 10.6 Å². The third kappa shape index (κ3) is 12.8. The minimum absolute atomic E-state index is 0.00171. The number of nitrogens with zero attached hydrogens (tertiary/aromatic N) is 5. The van der Waals surface area contributed by atoms with Crippen molar-refractivity contribution in [1.29, 1.82) is 0 Å². The molecule has 0 radical (unpaired) electrons. The van der Waals surface area contributed by atoms with Crippen LogP contribution in [0.25, 0.3) is 0 Å². The molecule has 0 spiro atoms. The normalized spacial score (nSPS) is 20.3. The number of likely N-dealkylation sites (tertiary alicyclic amines) is 1. The zero-order valence-electron chi connectivity index (χ0n) is 38.8. The molecule has 2 aromatic heterocycles. The number of hydrogen-bond donors (Lipinski definition) is 2. The Morgan fingerprint density at radius 3 is 1.70 bits per heavy atom. The number of nitrogens with one attached hydrogen (secondary N) is 2. The number of halogens is 2. The minimum Gasteiger partial charge on any atom is -0.444 e. The summed E-state index contributed by atoms with van der Waals surface area (Å²) in [6.45, 7) is 10.2. The SMILES string of the molecule is C[C@H](NC(=O)[C@@H]1CC[C@@H](c2ccccc2)C1)C(=O)CCc1cnc2c(c1)C(Cl)=NC2.C[C@H](NC(=O)[C@H]1C[C@H](c2ccccc2)CN1C(=O)OC(C)(C)C)C(=O)CCc1cnc2c(c1)C(Cl)=NC2. The number of carbonyl (C=O) groups excluding carboxylic acids is 5. The summed E-state index contributed by atoms with van der Waals surface area (Å²) in [5, 5.41) is 6.69. The summed E-state index contributed by atoms with van der Waals surface area (Å²) in [6.07, 6.45) is 7.82. The van der Waals surface area contributed by atoms with Crippen LogP contribution in [0, 0.1) is 5.92 Å². The first kappa shape index (κ1) is 49.1. The van der Waals surface area contributed by atoms with Gasteiger partial charge in [0.25, 0.3) is 0 Å². The number of aromatic nitrogens is 2. The lowest BCUT2D eigenvalue weighted by atomic mass is 9.96. The van der Waals surface area contributed by atoms with Crippen LogP contribution in [-0.4, -0.2) is 85.0 Å². The molecule has 1 saturated carbocycles. The van der Waals surface area contributed by atoms with Gasteiger partial charge in [-0.05, 0) is 113 Å². The molecule has 3 aliphatic heterocycles. The van der Waals surface area contributed by atoms with Gasteiger partial charge in [-0.3, -0.25) is 44.0 Å². The van der Waals surface area contributed by atoms with Gasteiger partial charge in [-0.25, -0.2) is 4.79 Å². The molecule has 2 N–H and O–H groups in total. The van der Waals surface area contributed by atoms with Crippen molar-refractivity contribution >= 4 is 63.0 Å². The summed E-state index contributed by atoms with van der Waals surface area (Å²) in [5.41, 5.74) is 6.89. The minimum atomic E-state index is -0.724. The van der Waals surface area contributed by atoms with Crippen molar-refractivity contribution in [1.82, 2.24) is 25.5 Å². The molecule has 5 heterocycles. The fourth-order valence-electron chi connectivity index (χ4n) is 9.01. The second-order valence-corrected chi connectivity index (χ2v) is 19.6. The predicted molar refractivity (Wildman–Crippen MR) is 260 cm³/mol. The Morgan fingerprint density at radius 2 is 1.19 bits per heavy atom. The molecule has 8 rings (SSSR count). The summed E-state index contributed by atoms with van der Waals surface area (Å²) in [6, 6.07) is 22.1. The van der Waals surface area contributed by atoms with Crippen LogP contribution in [0.5, 0.6) is 0 Å². The van der Waals surface area contributed by atoms with E-state index in [0.29, 0.717) is 61.6 Å². The maximum Gasteiger partial charge on any atom is 0.410 e. The van der Waals surface area contributed by atoms with Gasteiger partial charge in [-0.15, -0.1) is 0 Å². The largest absolute Gasteiger partial charge is 0.444 e. The van der Waals surface area contributed by atoms with Gasteiger partial charge in [-0.2, -0.15) is 0 Å². The summed E-state index contributed by atoms with van der Waals surface area (Å²) < 4.78 is 5.58. The summed E-state index contributed by atoms with van der Waals surface area (Å²) in [5.74, 6) is -0.0263. The molecular formula is C52H59Cl2N7O6. The van der Waals surface area contributed by atoms with Gasteiger partial charge in [0.15, 0.2) is 11.6 Å². The van der Waals surface area contributed by atoms with Gasteiger partial charge in [0.05, 0.1) is 36.6 Å². The van der Waals surface area contributed by atoms with Crippen molar-refractivity contribution in [3.8, 4) is 0 Å².